The van der Waals surface area contributed by atoms with E-state index in [1.54, 1.807) is 19.3 Å². The molecular weight excluding hydrogens is 322 g/mol. The smallest absolute Gasteiger partial charge is 0.255 e. The second-order valence-corrected chi connectivity index (χ2v) is 6.33. The van der Waals surface area contributed by atoms with Crippen molar-refractivity contribution in [2.45, 2.75) is 45.3 Å². The van der Waals surface area contributed by atoms with Gasteiger partial charge in [-0.2, -0.15) is 5.10 Å². The summed E-state index contributed by atoms with van der Waals surface area (Å²) in [5, 5.41) is 20.7. The lowest BCUT2D eigenvalue weighted by atomic mass is 10.1. The lowest BCUT2D eigenvalue weighted by Crippen LogP contribution is -2.36. The minimum Gasteiger partial charge on any atom is -0.394 e. The van der Waals surface area contributed by atoms with E-state index in [4.69, 9.17) is 4.74 Å². The van der Waals surface area contributed by atoms with Crippen LogP contribution in [0.25, 0.3) is 11.0 Å². The number of carbonyl (C=O) groups excluding carboxylic acids is 1. The van der Waals surface area contributed by atoms with Crippen LogP contribution in [0.1, 0.15) is 37.0 Å². The van der Waals surface area contributed by atoms with Crippen molar-refractivity contribution in [1.82, 2.24) is 20.1 Å². The molecule has 2 aromatic heterocycles. The number of rotatable bonds is 6. The van der Waals surface area contributed by atoms with Crippen LogP contribution in [0, 0.1) is 0 Å². The predicted molar refractivity (Wildman–Crippen MR) is 94.7 cm³/mol. The van der Waals surface area contributed by atoms with Crippen molar-refractivity contribution < 1.29 is 14.6 Å². The second-order valence-electron chi connectivity index (χ2n) is 6.33. The summed E-state index contributed by atoms with van der Waals surface area (Å²) < 4.78 is 7.22. The molecule has 0 saturated carbocycles. The first-order chi connectivity index (χ1) is 12.1. The van der Waals surface area contributed by atoms with Crippen molar-refractivity contribution in [3.63, 3.8) is 0 Å². The Balaban J connectivity index is 1.99. The van der Waals surface area contributed by atoms with E-state index in [1.165, 1.54) is 0 Å². The Kier molecular flexibility index (Phi) is 5.50. The van der Waals surface area contributed by atoms with E-state index in [0.29, 0.717) is 25.3 Å². The number of carbonyl (C=O) groups is 1. The van der Waals surface area contributed by atoms with Gasteiger partial charge in [0.2, 0.25) is 0 Å². The lowest BCUT2D eigenvalue weighted by molar-refractivity contribution is 0.0902. The van der Waals surface area contributed by atoms with Crippen LogP contribution in [-0.4, -0.2) is 57.7 Å². The monoisotopic (exact) mass is 347 g/mol. The Bertz CT molecular complexity index is 739. The average Bonchev–Trinajstić information content (AvgIpc) is 3.06. The molecule has 0 bridgehead atoms. The highest BCUT2D eigenvalue weighted by molar-refractivity contribution is 6.06. The molecule has 3 heterocycles. The molecule has 8 heteroatoms. The largest absolute Gasteiger partial charge is 0.394 e. The number of hydrogen-bond donors (Lipinski definition) is 3. The van der Waals surface area contributed by atoms with Crippen LogP contribution >= 0.6 is 0 Å². The Morgan fingerprint density at radius 3 is 2.88 bits per heavy atom. The Morgan fingerprint density at radius 1 is 1.44 bits per heavy atom. The fraction of sp³-hybridized carbons (Fsp3) is 0.588. The summed E-state index contributed by atoms with van der Waals surface area (Å²) in [5.74, 6) is -0.255. The van der Waals surface area contributed by atoms with Gasteiger partial charge in [0.25, 0.3) is 5.91 Å². The normalized spacial score (nSPS) is 16.8. The SMILES string of the molecule is CCn1ncc2c(NC3CCOCC3)c(C(=O)NC(C)CO)cnc21. The van der Waals surface area contributed by atoms with Crippen LogP contribution in [0.15, 0.2) is 12.4 Å². The molecule has 0 radical (unpaired) electrons. The van der Waals surface area contributed by atoms with Gasteiger partial charge in [-0.1, -0.05) is 0 Å². The molecule has 25 heavy (non-hydrogen) atoms. The van der Waals surface area contributed by atoms with Crippen LogP contribution in [0.5, 0.6) is 0 Å². The van der Waals surface area contributed by atoms with Crippen molar-refractivity contribution in [2.24, 2.45) is 0 Å². The van der Waals surface area contributed by atoms with Gasteiger partial charge in [0.05, 0.1) is 29.4 Å². The number of ether oxygens (including phenoxy) is 1. The van der Waals surface area contributed by atoms with Gasteiger partial charge in [-0.05, 0) is 26.7 Å². The topological polar surface area (TPSA) is 101 Å². The number of fused-ring (bicyclic) bond motifs is 1. The van der Waals surface area contributed by atoms with Gasteiger partial charge in [0, 0.05) is 38.0 Å². The highest BCUT2D eigenvalue weighted by Crippen LogP contribution is 2.28. The van der Waals surface area contributed by atoms with E-state index in [-0.39, 0.29) is 24.6 Å². The van der Waals surface area contributed by atoms with Gasteiger partial charge in [-0.15, -0.1) is 0 Å². The molecule has 1 aliphatic rings. The molecule has 3 rings (SSSR count). The summed E-state index contributed by atoms with van der Waals surface area (Å²) in [5.41, 5.74) is 1.97. The number of aryl methyl sites for hydroxylation is 1. The summed E-state index contributed by atoms with van der Waals surface area (Å²) >= 11 is 0. The summed E-state index contributed by atoms with van der Waals surface area (Å²) in [6, 6.07) is -0.0800. The first-order valence-corrected chi connectivity index (χ1v) is 8.74. The summed E-state index contributed by atoms with van der Waals surface area (Å²) in [7, 11) is 0. The molecule has 2 aromatic rings. The van der Waals surface area contributed by atoms with Crippen molar-refractivity contribution in [1.29, 1.82) is 0 Å². The summed E-state index contributed by atoms with van der Waals surface area (Å²) in [6.07, 6.45) is 5.11. The zero-order valence-corrected chi connectivity index (χ0v) is 14.7. The number of aromatic nitrogens is 3. The van der Waals surface area contributed by atoms with Gasteiger partial charge in [0.15, 0.2) is 5.65 Å². The summed E-state index contributed by atoms with van der Waals surface area (Å²) in [4.78, 5) is 17.1. The Labute approximate surface area is 146 Å². The van der Waals surface area contributed by atoms with Crippen LogP contribution < -0.4 is 10.6 Å². The molecule has 0 aromatic carbocycles. The standard InChI is InChI=1S/C17H25N5O3/c1-3-22-16-13(9-19-22)15(21-12-4-6-25-7-5-12)14(8-18-16)17(24)20-11(2)10-23/h8-9,11-12,23H,3-7,10H2,1-2H3,(H,18,21)(H,20,24). The number of nitrogens with zero attached hydrogens (tertiary/aromatic N) is 3. The van der Waals surface area contributed by atoms with Gasteiger partial charge in [0.1, 0.15) is 0 Å². The van der Waals surface area contributed by atoms with Crippen LogP contribution in [0.4, 0.5) is 5.69 Å². The minimum absolute atomic E-state index is 0.113. The van der Waals surface area contributed by atoms with Crippen LogP contribution in [0.3, 0.4) is 0 Å². The molecule has 1 atom stereocenters. The van der Waals surface area contributed by atoms with Crippen molar-refractivity contribution in [2.75, 3.05) is 25.1 Å². The lowest BCUT2D eigenvalue weighted by Gasteiger charge is -2.25. The molecule has 1 aliphatic heterocycles. The fourth-order valence-corrected chi connectivity index (χ4v) is 2.98. The van der Waals surface area contributed by atoms with Crippen LogP contribution in [-0.2, 0) is 11.3 Å². The quantitative estimate of drug-likeness (QED) is 0.725. The molecule has 3 N–H and O–H groups in total. The first-order valence-electron chi connectivity index (χ1n) is 8.74. The van der Waals surface area contributed by atoms with E-state index < -0.39 is 0 Å². The zero-order valence-electron chi connectivity index (χ0n) is 14.7. The van der Waals surface area contributed by atoms with E-state index in [1.807, 2.05) is 11.6 Å². The van der Waals surface area contributed by atoms with E-state index in [0.717, 1.165) is 29.6 Å². The molecular formula is C17H25N5O3. The van der Waals surface area contributed by atoms with Crippen molar-refractivity contribution in [3.05, 3.63) is 18.0 Å². The average molecular weight is 347 g/mol. The van der Waals surface area contributed by atoms with Crippen LogP contribution in [0.2, 0.25) is 0 Å². The number of pyridine rings is 1. The molecule has 1 saturated heterocycles. The first kappa shape index (κ1) is 17.6. The molecule has 1 fully saturated rings. The molecule has 136 valence electrons. The summed E-state index contributed by atoms with van der Waals surface area (Å²) in [6.45, 7) is 5.78. The third-order valence-corrected chi connectivity index (χ3v) is 4.43. The van der Waals surface area contributed by atoms with E-state index in [2.05, 4.69) is 20.7 Å². The minimum atomic E-state index is -0.322. The third-order valence-electron chi connectivity index (χ3n) is 4.43. The molecule has 0 spiro atoms. The van der Waals surface area contributed by atoms with Gasteiger partial charge in [-0.25, -0.2) is 9.67 Å². The van der Waals surface area contributed by atoms with Gasteiger partial charge < -0.3 is 20.5 Å². The highest BCUT2D eigenvalue weighted by Gasteiger charge is 2.22. The maximum Gasteiger partial charge on any atom is 0.255 e. The van der Waals surface area contributed by atoms with Gasteiger partial charge >= 0.3 is 0 Å². The number of amides is 1. The third kappa shape index (κ3) is 3.74. The van der Waals surface area contributed by atoms with Crippen molar-refractivity contribution >= 4 is 22.6 Å². The Hall–Kier alpha value is -2.19. The Morgan fingerprint density at radius 2 is 2.20 bits per heavy atom. The molecule has 1 unspecified atom stereocenters. The number of nitrogens with one attached hydrogen (secondary N) is 2. The molecule has 8 nitrogen and oxygen atoms in total. The molecule has 0 aliphatic carbocycles. The van der Waals surface area contributed by atoms with E-state index in [9.17, 15) is 9.90 Å². The predicted octanol–water partition coefficient (Wildman–Crippen LogP) is 1.15. The second kappa shape index (κ2) is 7.79. The maximum absolute atomic E-state index is 12.6. The fourth-order valence-electron chi connectivity index (χ4n) is 2.98. The number of anilines is 1. The van der Waals surface area contributed by atoms with E-state index >= 15 is 0 Å². The maximum atomic E-state index is 12.6. The highest BCUT2D eigenvalue weighted by atomic mass is 16.5. The number of aliphatic hydroxyl groups excluding tert-OH is 1. The number of hydrogen-bond acceptors (Lipinski definition) is 6. The zero-order chi connectivity index (χ0) is 17.8. The van der Waals surface area contributed by atoms with Gasteiger partial charge in [-0.3, -0.25) is 4.79 Å². The molecule has 1 amide bonds. The van der Waals surface area contributed by atoms with Crippen molar-refractivity contribution in [3.8, 4) is 0 Å². The number of aliphatic hydroxyl groups is 1.